The van der Waals surface area contributed by atoms with Crippen LogP contribution in [0, 0.1) is 0 Å². The molecule has 0 atom stereocenters. The van der Waals surface area contributed by atoms with E-state index in [9.17, 15) is 4.79 Å². The largest absolute Gasteiger partial charge is 0.354 e. The zero-order chi connectivity index (χ0) is 19.6. The van der Waals surface area contributed by atoms with E-state index in [4.69, 9.17) is 9.51 Å². The molecule has 10 nitrogen and oxygen atoms in total. The molecule has 0 saturated carbocycles. The molecule has 13 heteroatoms. The van der Waals surface area contributed by atoms with Crippen LogP contribution in [0.5, 0.6) is 0 Å². The highest BCUT2D eigenvalue weighted by atomic mass is 35.5. The van der Waals surface area contributed by atoms with Crippen molar-refractivity contribution in [3.05, 3.63) is 24.3 Å². The molecule has 168 valence electrons. The summed E-state index contributed by atoms with van der Waals surface area (Å²) < 4.78 is 9.77. The molecule has 2 amide bonds. The van der Waals surface area contributed by atoms with Gasteiger partial charge in [-0.3, -0.25) is 5.32 Å². The Hall–Kier alpha value is -2.34. The summed E-state index contributed by atoms with van der Waals surface area (Å²) in [6.07, 6.45) is 0. The Kier molecular flexibility index (Phi) is 7.76. The second-order valence-corrected chi connectivity index (χ2v) is 7.78. The highest BCUT2D eigenvalue weighted by molar-refractivity contribution is 7.09. The van der Waals surface area contributed by atoms with Crippen molar-refractivity contribution in [2.45, 2.75) is 0 Å². The number of fused-ring (bicyclic) bond motifs is 1. The van der Waals surface area contributed by atoms with E-state index in [1.165, 1.54) is 11.5 Å². The third kappa shape index (κ3) is 4.95. The molecule has 2 N–H and O–H groups in total. The number of nitrogens with zero attached hydrogens (tertiary/aromatic N) is 6. The minimum Gasteiger partial charge on any atom is -0.354 e. The predicted molar refractivity (Wildman–Crippen MR) is 126 cm³/mol. The first-order valence-corrected chi connectivity index (χ1v) is 10.5. The maximum atomic E-state index is 12.6. The summed E-state index contributed by atoms with van der Waals surface area (Å²) in [5.41, 5.74) is 0.657. The fourth-order valence-electron chi connectivity index (χ4n) is 3.59. The SMILES string of the molecule is Cl.Cl.O=C(Nc1noc2ccccc12)N1CCN(c2nc(N3CCNCC3)ns2)CC1. The molecule has 1 aromatic carbocycles. The zero-order valence-electron chi connectivity index (χ0n) is 16.7. The Labute approximate surface area is 195 Å². The summed E-state index contributed by atoms with van der Waals surface area (Å²) >= 11 is 1.43. The first kappa shape index (κ1) is 23.3. The number of hydrogen-bond acceptors (Lipinski definition) is 9. The van der Waals surface area contributed by atoms with Gasteiger partial charge in [0, 0.05) is 63.9 Å². The highest BCUT2D eigenvalue weighted by Gasteiger charge is 2.25. The summed E-state index contributed by atoms with van der Waals surface area (Å²) in [5, 5.41) is 11.9. The lowest BCUT2D eigenvalue weighted by molar-refractivity contribution is 0.208. The molecule has 2 aliphatic rings. The zero-order valence-corrected chi connectivity index (χ0v) is 19.1. The number of piperazine rings is 2. The monoisotopic (exact) mass is 486 g/mol. The highest BCUT2D eigenvalue weighted by Crippen LogP contribution is 2.25. The molecule has 31 heavy (non-hydrogen) atoms. The van der Waals surface area contributed by atoms with Crippen LogP contribution in [-0.4, -0.2) is 77.8 Å². The van der Waals surface area contributed by atoms with Gasteiger partial charge in [0.15, 0.2) is 11.4 Å². The number of benzene rings is 1. The minimum absolute atomic E-state index is 0. The van der Waals surface area contributed by atoms with E-state index in [-0.39, 0.29) is 30.8 Å². The molecular weight excluding hydrogens is 463 g/mol. The van der Waals surface area contributed by atoms with Crippen LogP contribution in [0.25, 0.3) is 11.0 Å². The van der Waals surface area contributed by atoms with E-state index in [0.717, 1.165) is 55.7 Å². The van der Waals surface area contributed by atoms with Crippen LogP contribution in [0.3, 0.4) is 0 Å². The normalized spacial score (nSPS) is 16.6. The number of halogens is 2. The maximum Gasteiger partial charge on any atom is 0.323 e. The third-order valence-electron chi connectivity index (χ3n) is 5.24. The van der Waals surface area contributed by atoms with Gasteiger partial charge in [-0.2, -0.15) is 9.36 Å². The Balaban J connectivity index is 0.00000136. The van der Waals surface area contributed by atoms with Gasteiger partial charge in [-0.05, 0) is 12.1 Å². The van der Waals surface area contributed by atoms with Crippen LogP contribution in [0.15, 0.2) is 28.8 Å². The van der Waals surface area contributed by atoms with Crippen molar-refractivity contribution in [2.24, 2.45) is 0 Å². The van der Waals surface area contributed by atoms with Crippen LogP contribution in [-0.2, 0) is 0 Å². The summed E-state index contributed by atoms with van der Waals surface area (Å²) in [6, 6.07) is 7.31. The molecule has 0 bridgehead atoms. The van der Waals surface area contributed by atoms with Gasteiger partial charge >= 0.3 is 6.03 Å². The van der Waals surface area contributed by atoms with Crippen molar-refractivity contribution in [3.8, 4) is 0 Å². The van der Waals surface area contributed by atoms with Gasteiger partial charge in [0.05, 0.1) is 5.39 Å². The topological polar surface area (TPSA) is 103 Å². The first-order chi connectivity index (χ1) is 14.3. The quantitative estimate of drug-likeness (QED) is 0.580. The van der Waals surface area contributed by atoms with Gasteiger partial charge in [-0.1, -0.05) is 17.3 Å². The van der Waals surface area contributed by atoms with Crippen molar-refractivity contribution in [1.29, 1.82) is 0 Å². The third-order valence-corrected chi connectivity index (χ3v) is 6.01. The number of carbonyl (C=O) groups is 1. The molecule has 4 heterocycles. The number of anilines is 3. The molecular formula is C18H24Cl2N8O2S. The average Bonchev–Trinajstić information content (AvgIpc) is 3.43. The van der Waals surface area contributed by atoms with Gasteiger partial charge < -0.3 is 24.5 Å². The van der Waals surface area contributed by atoms with Crippen molar-refractivity contribution < 1.29 is 9.32 Å². The summed E-state index contributed by atoms with van der Waals surface area (Å²) in [5.74, 6) is 1.27. The molecule has 0 spiro atoms. The van der Waals surface area contributed by atoms with Gasteiger partial charge in [-0.25, -0.2) is 4.79 Å². The molecule has 0 unspecified atom stereocenters. The number of rotatable bonds is 3. The number of nitrogens with one attached hydrogen (secondary N) is 2. The van der Waals surface area contributed by atoms with Crippen molar-refractivity contribution in [2.75, 3.05) is 67.5 Å². The lowest BCUT2D eigenvalue weighted by atomic mass is 10.2. The smallest absolute Gasteiger partial charge is 0.323 e. The van der Waals surface area contributed by atoms with Gasteiger partial charge in [0.1, 0.15) is 0 Å². The number of urea groups is 1. The number of aromatic nitrogens is 3. The molecule has 2 aliphatic heterocycles. The summed E-state index contributed by atoms with van der Waals surface area (Å²) in [4.78, 5) is 23.5. The van der Waals surface area contributed by atoms with Crippen LogP contribution < -0.4 is 20.4 Å². The van der Waals surface area contributed by atoms with E-state index in [1.807, 2.05) is 24.3 Å². The van der Waals surface area contributed by atoms with Crippen molar-refractivity contribution in [1.82, 2.24) is 24.7 Å². The second-order valence-electron chi connectivity index (χ2n) is 7.05. The predicted octanol–water partition coefficient (Wildman–Crippen LogP) is 2.29. The lowest BCUT2D eigenvalue weighted by Gasteiger charge is -2.34. The van der Waals surface area contributed by atoms with Crippen LogP contribution in [0.2, 0.25) is 0 Å². The average molecular weight is 487 g/mol. The van der Waals surface area contributed by atoms with Crippen LogP contribution >= 0.6 is 36.3 Å². The molecule has 5 rings (SSSR count). The van der Waals surface area contributed by atoms with Gasteiger partial charge in [-0.15, -0.1) is 24.8 Å². The first-order valence-electron chi connectivity index (χ1n) is 9.72. The van der Waals surface area contributed by atoms with Crippen molar-refractivity contribution >= 4 is 70.2 Å². The van der Waals surface area contributed by atoms with Gasteiger partial charge in [0.2, 0.25) is 11.1 Å². The van der Waals surface area contributed by atoms with Crippen molar-refractivity contribution in [3.63, 3.8) is 0 Å². The van der Waals surface area contributed by atoms with Crippen LogP contribution in [0.4, 0.5) is 21.7 Å². The maximum absolute atomic E-state index is 12.6. The Morgan fingerprint density at radius 2 is 1.77 bits per heavy atom. The van der Waals surface area contributed by atoms with Gasteiger partial charge in [0.25, 0.3) is 0 Å². The summed E-state index contributed by atoms with van der Waals surface area (Å²) in [7, 11) is 0. The Bertz CT molecular complexity index is 1000. The standard InChI is InChI=1S/C18H22N8O2S.2ClH/c27-17(20-15-13-3-1-2-4-14(13)28-22-15)25-9-11-26(12-10-25)18-21-16(23-29-18)24-7-5-19-6-8-24;;/h1-4,19H,5-12H2,(H,20,22,27);2*1H. The number of para-hydroxylation sites is 1. The minimum atomic E-state index is -0.164. The Morgan fingerprint density at radius 3 is 2.55 bits per heavy atom. The number of hydrogen-bond donors (Lipinski definition) is 2. The molecule has 3 aromatic rings. The number of carbonyl (C=O) groups excluding carboxylic acids is 1. The summed E-state index contributed by atoms with van der Waals surface area (Å²) in [6.45, 7) is 6.47. The van der Waals surface area contributed by atoms with E-state index in [2.05, 4.69) is 30.0 Å². The fraction of sp³-hybridized carbons (Fsp3) is 0.444. The fourth-order valence-corrected chi connectivity index (χ4v) is 4.33. The van der Waals surface area contributed by atoms with E-state index in [1.54, 1.807) is 4.90 Å². The van der Waals surface area contributed by atoms with E-state index >= 15 is 0 Å². The molecule has 2 saturated heterocycles. The molecule has 2 fully saturated rings. The van der Waals surface area contributed by atoms with Crippen LogP contribution in [0.1, 0.15) is 0 Å². The van der Waals surface area contributed by atoms with E-state index in [0.29, 0.717) is 24.5 Å². The van der Waals surface area contributed by atoms with E-state index < -0.39 is 0 Å². The molecule has 0 aliphatic carbocycles. The Morgan fingerprint density at radius 1 is 1.03 bits per heavy atom. The molecule has 0 radical (unpaired) electrons. The number of amides is 2. The second kappa shape index (κ2) is 10.3. The lowest BCUT2D eigenvalue weighted by Crippen LogP contribution is -2.50. The molecule has 2 aromatic heterocycles.